The van der Waals surface area contributed by atoms with E-state index in [0.717, 1.165) is 13.1 Å². The summed E-state index contributed by atoms with van der Waals surface area (Å²) in [5.41, 5.74) is 0. The van der Waals surface area contributed by atoms with Crippen molar-refractivity contribution in [2.75, 3.05) is 32.0 Å². The number of hydrogen-bond donors (Lipinski definition) is 2. The number of nitrogens with zero attached hydrogens (tertiary/aromatic N) is 3. The zero-order chi connectivity index (χ0) is 13.5. The normalized spacial score (nSPS) is 19.4. The molecule has 1 aromatic heterocycles. The van der Waals surface area contributed by atoms with Crippen molar-refractivity contribution in [3.8, 4) is 0 Å². The minimum Gasteiger partial charge on any atom is -0.313 e. The molecule has 1 aliphatic rings. The predicted molar refractivity (Wildman–Crippen MR) is 73.8 cm³/mol. The summed E-state index contributed by atoms with van der Waals surface area (Å²) < 4.78 is 0. The lowest BCUT2D eigenvalue weighted by atomic mass is 10.0. The molecule has 6 nitrogen and oxygen atoms in total. The molecule has 0 saturated carbocycles. The molecule has 0 aliphatic carbocycles. The molecule has 6 heteroatoms. The van der Waals surface area contributed by atoms with Crippen molar-refractivity contribution in [1.29, 1.82) is 0 Å². The zero-order valence-electron chi connectivity index (χ0n) is 11.3. The molecule has 1 aliphatic heterocycles. The van der Waals surface area contributed by atoms with Gasteiger partial charge in [0.1, 0.15) is 0 Å². The smallest absolute Gasteiger partial charge is 0.240 e. The van der Waals surface area contributed by atoms with E-state index in [1.54, 1.807) is 18.5 Å². The maximum absolute atomic E-state index is 11.8. The summed E-state index contributed by atoms with van der Waals surface area (Å²) in [6.07, 6.45) is 6.94. The van der Waals surface area contributed by atoms with Crippen LogP contribution < -0.4 is 10.6 Å². The van der Waals surface area contributed by atoms with Gasteiger partial charge in [-0.2, -0.15) is 0 Å². The van der Waals surface area contributed by atoms with Crippen LogP contribution >= 0.6 is 0 Å². The van der Waals surface area contributed by atoms with Gasteiger partial charge in [-0.05, 0) is 32.5 Å². The van der Waals surface area contributed by atoms with E-state index in [0.29, 0.717) is 18.5 Å². The SMILES string of the molecule is CN(CC(=O)Nc1ncccn1)CC1CCCCN1. The van der Waals surface area contributed by atoms with Crippen molar-refractivity contribution < 1.29 is 4.79 Å². The van der Waals surface area contributed by atoms with E-state index in [2.05, 4.69) is 20.6 Å². The van der Waals surface area contributed by atoms with Crippen molar-refractivity contribution in [2.24, 2.45) is 0 Å². The highest BCUT2D eigenvalue weighted by Crippen LogP contribution is 2.07. The summed E-state index contributed by atoms with van der Waals surface area (Å²) in [5, 5.41) is 6.16. The molecule has 1 atom stereocenters. The lowest BCUT2D eigenvalue weighted by Crippen LogP contribution is -2.44. The molecule has 2 heterocycles. The third-order valence-electron chi connectivity index (χ3n) is 3.17. The van der Waals surface area contributed by atoms with Crippen LogP contribution in [-0.2, 0) is 4.79 Å². The minimum atomic E-state index is -0.0792. The van der Waals surface area contributed by atoms with Gasteiger partial charge in [0, 0.05) is 25.0 Å². The largest absolute Gasteiger partial charge is 0.313 e. The Morgan fingerprint density at radius 1 is 1.47 bits per heavy atom. The molecule has 2 rings (SSSR count). The van der Waals surface area contributed by atoms with Crippen molar-refractivity contribution in [3.05, 3.63) is 18.5 Å². The molecule has 1 aromatic rings. The Morgan fingerprint density at radius 3 is 2.95 bits per heavy atom. The monoisotopic (exact) mass is 263 g/mol. The molecule has 1 saturated heterocycles. The molecular formula is C13H21N5O. The molecule has 0 aromatic carbocycles. The maximum Gasteiger partial charge on any atom is 0.240 e. The second kappa shape index (κ2) is 7.16. The average Bonchev–Trinajstić information content (AvgIpc) is 2.40. The van der Waals surface area contributed by atoms with E-state index < -0.39 is 0 Å². The summed E-state index contributed by atoms with van der Waals surface area (Å²) in [6.45, 7) is 2.34. The van der Waals surface area contributed by atoms with E-state index in [-0.39, 0.29) is 5.91 Å². The number of amides is 1. The number of likely N-dealkylation sites (N-methyl/N-ethyl adjacent to an activating group) is 1. The maximum atomic E-state index is 11.8. The van der Waals surface area contributed by atoms with Gasteiger partial charge in [0.05, 0.1) is 6.54 Å². The number of carbonyl (C=O) groups is 1. The number of aromatic nitrogens is 2. The second-order valence-corrected chi connectivity index (χ2v) is 4.96. The fourth-order valence-electron chi connectivity index (χ4n) is 2.29. The predicted octanol–water partition coefficient (Wildman–Crippen LogP) is 0.489. The first-order chi connectivity index (χ1) is 9.24. The molecule has 1 fully saturated rings. The topological polar surface area (TPSA) is 70.2 Å². The third kappa shape index (κ3) is 4.92. The van der Waals surface area contributed by atoms with Crippen LogP contribution in [0.15, 0.2) is 18.5 Å². The first kappa shape index (κ1) is 13.9. The van der Waals surface area contributed by atoms with Gasteiger partial charge in [0.2, 0.25) is 11.9 Å². The Kier molecular flexibility index (Phi) is 5.23. The van der Waals surface area contributed by atoms with Gasteiger partial charge in [-0.25, -0.2) is 9.97 Å². The Hall–Kier alpha value is -1.53. The van der Waals surface area contributed by atoms with Gasteiger partial charge < -0.3 is 5.32 Å². The summed E-state index contributed by atoms with van der Waals surface area (Å²) in [6, 6.07) is 2.22. The minimum absolute atomic E-state index is 0.0792. The fraction of sp³-hybridized carbons (Fsp3) is 0.615. The fourth-order valence-corrected chi connectivity index (χ4v) is 2.29. The number of piperidine rings is 1. The van der Waals surface area contributed by atoms with Gasteiger partial charge in [0.15, 0.2) is 0 Å². The number of carbonyl (C=O) groups excluding carboxylic acids is 1. The molecule has 1 amide bonds. The number of hydrogen-bond acceptors (Lipinski definition) is 5. The summed E-state index contributed by atoms with van der Waals surface area (Å²) >= 11 is 0. The number of nitrogens with one attached hydrogen (secondary N) is 2. The molecule has 1 unspecified atom stereocenters. The van der Waals surface area contributed by atoms with Crippen molar-refractivity contribution in [3.63, 3.8) is 0 Å². The van der Waals surface area contributed by atoms with Crippen molar-refractivity contribution in [1.82, 2.24) is 20.2 Å². The Bertz CT molecular complexity index is 391. The molecule has 19 heavy (non-hydrogen) atoms. The Morgan fingerprint density at radius 2 is 2.26 bits per heavy atom. The summed E-state index contributed by atoms with van der Waals surface area (Å²) in [4.78, 5) is 21.8. The van der Waals surface area contributed by atoms with Gasteiger partial charge in [-0.15, -0.1) is 0 Å². The quantitative estimate of drug-likeness (QED) is 0.809. The van der Waals surface area contributed by atoms with Crippen molar-refractivity contribution >= 4 is 11.9 Å². The third-order valence-corrected chi connectivity index (χ3v) is 3.17. The van der Waals surface area contributed by atoms with E-state index in [1.165, 1.54) is 19.3 Å². The molecule has 104 valence electrons. The van der Waals surface area contributed by atoms with E-state index >= 15 is 0 Å². The molecule has 2 N–H and O–H groups in total. The van der Waals surface area contributed by atoms with Crippen LogP contribution in [0.1, 0.15) is 19.3 Å². The second-order valence-electron chi connectivity index (χ2n) is 4.96. The van der Waals surface area contributed by atoms with Crippen LogP contribution in [0, 0.1) is 0 Å². The molecule has 0 spiro atoms. The number of rotatable bonds is 5. The van der Waals surface area contributed by atoms with Gasteiger partial charge in [0.25, 0.3) is 0 Å². The molecule has 0 radical (unpaired) electrons. The van der Waals surface area contributed by atoms with Crippen LogP contribution in [0.25, 0.3) is 0 Å². The van der Waals surface area contributed by atoms with Crippen LogP contribution in [0.2, 0.25) is 0 Å². The standard InChI is InChI=1S/C13H21N5O/c1-18(9-11-5-2-3-6-14-11)10-12(19)17-13-15-7-4-8-16-13/h4,7-8,11,14H,2-3,5-6,9-10H2,1H3,(H,15,16,17,19). The van der Waals surface area contributed by atoms with E-state index in [9.17, 15) is 4.79 Å². The first-order valence-corrected chi connectivity index (χ1v) is 6.73. The van der Waals surface area contributed by atoms with Gasteiger partial charge in [-0.1, -0.05) is 6.42 Å². The lowest BCUT2D eigenvalue weighted by molar-refractivity contribution is -0.117. The highest BCUT2D eigenvalue weighted by atomic mass is 16.2. The summed E-state index contributed by atoms with van der Waals surface area (Å²) in [5.74, 6) is 0.279. The Labute approximate surface area is 113 Å². The van der Waals surface area contributed by atoms with Gasteiger partial charge in [-0.3, -0.25) is 15.0 Å². The van der Waals surface area contributed by atoms with Crippen LogP contribution in [0.4, 0.5) is 5.95 Å². The highest BCUT2D eigenvalue weighted by Gasteiger charge is 2.16. The van der Waals surface area contributed by atoms with E-state index in [1.807, 2.05) is 11.9 Å². The zero-order valence-corrected chi connectivity index (χ0v) is 11.3. The average molecular weight is 263 g/mol. The number of anilines is 1. The van der Waals surface area contributed by atoms with Crippen LogP contribution in [0.5, 0.6) is 0 Å². The Balaban J connectivity index is 1.72. The van der Waals surface area contributed by atoms with Crippen molar-refractivity contribution in [2.45, 2.75) is 25.3 Å². The van der Waals surface area contributed by atoms with Gasteiger partial charge >= 0.3 is 0 Å². The lowest BCUT2D eigenvalue weighted by Gasteiger charge is -2.27. The summed E-state index contributed by atoms with van der Waals surface area (Å²) in [7, 11) is 1.96. The molecular weight excluding hydrogens is 242 g/mol. The van der Waals surface area contributed by atoms with E-state index in [4.69, 9.17) is 0 Å². The molecule has 0 bridgehead atoms. The van der Waals surface area contributed by atoms with Crippen LogP contribution in [0.3, 0.4) is 0 Å². The first-order valence-electron chi connectivity index (χ1n) is 6.73. The van der Waals surface area contributed by atoms with Crippen LogP contribution in [-0.4, -0.2) is 53.5 Å². The highest BCUT2D eigenvalue weighted by molar-refractivity contribution is 5.90.